The molecule has 0 amide bonds. The number of nitrogens with one attached hydrogen (secondary N) is 2. The number of rotatable bonds is 2. The van der Waals surface area contributed by atoms with Crippen LogP contribution in [0.3, 0.4) is 0 Å². The van der Waals surface area contributed by atoms with Crippen molar-refractivity contribution in [1.29, 1.82) is 5.26 Å². The molecule has 1 saturated heterocycles. The van der Waals surface area contributed by atoms with Crippen LogP contribution >= 0.6 is 15.9 Å². The van der Waals surface area contributed by atoms with Crippen LogP contribution in [0, 0.1) is 23.2 Å². The van der Waals surface area contributed by atoms with E-state index >= 15 is 0 Å². The minimum atomic E-state index is 0.599. The lowest BCUT2D eigenvalue weighted by Crippen LogP contribution is -2.21. The SMILES string of the molecule is N#Cc1cc(Br)cc(NC2C3CNCC32)c1. The highest BCUT2D eigenvalue weighted by atomic mass is 79.9. The molecule has 1 aliphatic heterocycles. The van der Waals surface area contributed by atoms with E-state index in [0.29, 0.717) is 11.6 Å². The summed E-state index contributed by atoms with van der Waals surface area (Å²) in [5.41, 5.74) is 1.74. The van der Waals surface area contributed by atoms with Crippen LogP contribution in [0.25, 0.3) is 0 Å². The van der Waals surface area contributed by atoms with Gasteiger partial charge in [0.25, 0.3) is 0 Å². The number of piperidine rings is 1. The average molecular weight is 278 g/mol. The summed E-state index contributed by atoms with van der Waals surface area (Å²) in [5.74, 6) is 1.56. The summed E-state index contributed by atoms with van der Waals surface area (Å²) in [5, 5.41) is 15.8. The standard InChI is InChI=1S/C12H12BrN3/c13-8-1-7(4-14)2-9(3-8)16-12-10-5-15-6-11(10)12/h1-3,10-12,15-16H,5-6H2. The summed E-state index contributed by atoms with van der Waals surface area (Å²) in [4.78, 5) is 0. The van der Waals surface area contributed by atoms with Gasteiger partial charge in [-0.3, -0.25) is 0 Å². The Morgan fingerprint density at radius 3 is 2.75 bits per heavy atom. The van der Waals surface area contributed by atoms with Crippen molar-refractivity contribution in [2.45, 2.75) is 6.04 Å². The van der Waals surface area contributed by atoms with Crippen molar-refractivity contribution >= 4 is 21.6 Å². The molecule has 0 spiro atoms. The first-order valence-electron chi connectivity index (χ1n) is 5.46. The van der Waals surface area contributed by atoms with Crippen LogP contribution in [0.2, 0.25) is 0 Å². The van der Waals surface area contributed by atoms with Crippen molar-refractivity contribution in [1.82, 2.24) is 5.32 Å². The first kappa shape index (κ1) is 10.1. The Kier molecular flexibility index (Phi) is 2.38. The smallest absolute Gasteiger partial charge is 0.0992 e. The molecule has 3 nitrogen and oxygen atoms in total. The van der Waals surface area contributed by atoms with Crippen molar-refractivity contribution in [3.63, 3.8) is 0 Å². The summed E-state index contributed by atoms with van der Waals surface area (Å²) in [7, 11) is 0. The Hall–Kier alpha value is -1.05. The predicted molar refractivity (Wildman–Crippen MR) is 66.1 cm³/mol. The van der Waals surface area contributed by atoms with Crippen molar-refractivity contribution in [2.75, 3.05) is 18.4 Å². The normalized spacial score (nSPS) is 30.6. The molecule has 1 aromatic carbocycles. The molecule has 1 heterocycles. The molecule has 2 atom stereocenters. The van der Waals surface area contributed by atoms with Gasteiger partial charge in [-0.2, -0.15) is 5.26 Å². The van der Waals surface area contributed by atoms with Gasteiger partial charge >= 0.3 is 0 Å². The number of nitriles is 1. The lowest BCUT2D eigenvalue weighted by Gasteiger charge is -2.09. The molecule has 2 N–H and O–H groups in total. The second-order valence-electron chi connectivity index (χ2n) is 4.50. The summed E-state index contributed by atoms with van der Waals surface area (Å²) >= 11 is 3.42. The highest BCUT2D eigenvalue weighted by molar-refractivity contribution is 9.10. The molecule has 2 unspecified atom stereocenters. The average Bonchev–Trinajstić information content (AvgIpc) is 2.74. The van der Waals surface area contributed by atoms with E-state index in [1.807, 2.05) is 18.2 Å². The second kappa shape index (κ2) is 3.76. The van der Waals surface area contributed by atoms with Crippen molar-refractivity contribution in [2.24, 2.45) is 11.8 Å². The first-order valence-corrected chi connectivity index (χ1v) is 6.25. The van der Waals surface area contributed by atoms with Gasteiger partial charge in [-0.1, -0.05) is 15.9 Å². The molecule has 82 valence electrons. The Morgan fingerprint density at radius 1 is 1.31 bits per heavy atom. The van der Waals surface area contributed by atoms with E-state index in [1.165, 1.54) is 0 Å². The zero-order valence-electron chi connectivity index (χ0n) is 8.70. The zero-order chi connectivity index (χ0) is 11.1. The summed E-state index contributed by atoms with van der Waals surface area (Å²) in [6.07, 6.45) is 0. The fraction of sp³-hybridized carbons (Fsp3) is 0.417. The topological polar surface area (TPSA) is 47.9 Å². The van der Waals surface area contributed by atoms with E-state index in [-0.39, 0.29) is 0 Å². The minimum Gasteiger partial charge on any atom is -0.382 e. The molecule has 0 aromatic heterocycles. The fourth-order valence-corrected chi connectivity index (χ4v) is 3.06. The maximum absolute atomic E-state index is 8.89. The van der Waals surface area contributed by atoms with Gasteiger partial charge in [-0.05, 0) is 30.0 Å². The molecule has 0 bridgehead atoms. The van der Waals surface area contributed by atoms with Gasteiger partial charge in [0.2, 0.25) is 0 Å². The molecule has 1 aromatic rings. The van der Waals surface area contributed by atoms with E-state index in [4.69, 9.17) is 5.26 Å². The molecule has 1 saturated carbocycles. The van der Waals surface area contributed by atoms with Crippen molar-refractivity contribution in [3.8, 4) is 6.07 Å². The molecule has 16 heavy (non-hydrogen) atoms. The van der Waals surface area contributed by atoms with Crippen LogP contribution in [0.1, 0.15) is 5.56 Å². The number of nitrogens with zero attached hydrogens (tertiary/aromatic N) is 1. The highest BCUT2D eigenvalue weighted by Gasteiger charge is 2.52. The lowest BCUT2D eigenvalue weighted by molar-refractivity contribution is 0.697. The Morgan fingerprint density at radius 2 is 2.06 bits per heavy atom. The van der Waals surface area contributed by atoms with E-state index in [9.17, 15) is 0 Å². The number of benzene rings is 1. The third-order valence-electron chi connectivity index (χ3n) is 3.45. The van der Waals surface area contributed by atoms with Gasteiger partial charge in [0.05, 0.1) is 11.6 Å². The quantitative estimate of drug-likeness (QED) is 0.869. The summed E-state index contributed by atoms with van der Waals surface area (Å²) in [6.45, 7) is 2.25. The third kappa shape index (κ3) is 1.70. The number of hydrogen-bond acceptors (Lipinski definition) is 3. The maximum Gasteiger partial charge on any atom is 0.0992 e. The number of hydrogen-bond donors (Lipinski definition) is 2. The number of anilines is 1. The van der Waals surface area contributed by atoms with E-state index < -0.39 is 0 Å². The van der Waals surface area contributed by atoms with Crippen LogP contribution in [0.4, 0.5) is 5.69 Å². The summed E-state index contributed by atoms with van der Waals surface area (Å²) in [6, 6.07) is 8.54. The number of fused-ring (bicyclic) bond motifs is 1. The van der Waals surface area contributed by atoms with Gasteiger partial charge in [0.15, 0.2) is 0 Å². The lowest BCUT2D eigenvalue weighted by atomic mass is 10.2. The molecule has 4 heteroatoms. The maximum atomic E-state index is 8.89. The van der Waals surface area contributed by atoms with E-state index in [1.54, 1.807) is 0 Å². The van der Waals surface area contributed by atoms with Crippen molar-refractivity contribution in [3.05, 3.63) is 28.2 Å². The van der Waals surface area contributed by atoms with Crippen LogP contribution in [-0.4, -0.2) is 19.1 Å². The van der Waals surface area contributed by atoms with E-state index in [2.05, 4.69) is 32.6 Å². The van der Waals surface area contributed by atoms with Crippen LogP contribution < -0.4 is 10.6 Å². The molecular formula is C12H12BrN3. The highest BCUT2D eigenvalue weighted by Crippen LogP contribution is 2.43. The van der Waals surface area contributed by atoms with Gasteiger partial charge in [0, 0.05) is 29.3 Å². The van der Waals surface area contributed by atoms with Gasteiger partial charge in [-0.15, -0.1) is 0 Å². The summed E-state index contributed by atoms with van der Waals surface area (Å²) < 4.78 is 0.956. The molecule has 1 aliphatic carbocycles. The molecular weight excluding hydrogens is 266 g/mol. The Balaban J connectivity index is 1.75. The zero-order valence-corrected chi connectivity index (χ0v) is 10.3. The third-order valence-corrected chi connectivity index (χ3v) is 3.91. The van der Waals surface area contributed by atoms with Gasteiger partial charge < -0.3 is 10.6 Å². The number of halogens is 1. The van der Waals surface area contributed by atoms with Crippen LogP contribution in [-0.2, 0) is 0 Å². The van der Waals surface area contributed by atoms with Crippen LogP contribution in [0.5, 0.6) is 0 Å². The Bertz CT molecular complexity index is 456. The molecule has 0 radical (unpaired) electrons. The Labute approximate surface area is 103 Å². The molecule has 2 fully saturated rings. The van der Waals surface area contributed by atoms with E-state index in [0.717, 1.165) is 35.1 Å². The molecule has 2 aliphatic rings. The van der Waals surface area contributed by atoms with Gasteiger partial charge in [0.1, 0.15) is 0 Å². The monoisotopic (exact) mass is 277 g/mol. The largest absolute Gasteiger partial charge is 0.382 e. The fourth-order valence-electron chi connectivity index (χ4n) is 2.56. The first-order chi connectivity index (χ1) is 7.78. The van der Waals surface area contributed by atoms with Crippen LogP contribution in [0.15, 0.2) is 22.7 Å². The van der Waals surface area contributed by atoms with Crippen molar-refractivity contribution < 1.29 is 0 Å². The predicted octanol–water partition coefficient (Wildman–Crippen LogP) is 1.95. The molecule has 3 rings (SSSR count). The second-order valence-corrected chi connectivity index (χ2v) is 5.41. The minimum absolute atomic E-state index is 0.599. The van der Waals surface area contributed by atoms with Gasteiger partial charge in [-0.25, -0.2) is 0 Å².